The van der Waals surface area contributed by atoms with Crippen molar-refractivity contribution in [2.24, 2.45) is 0 Å². The molecule has 3 rings (SSSR count). The van der Waals surface area contributed by atoms with E-state index in [0.29, 0.717) is 10.8 Å². The maximum Gasteiger partial charge on any atom is 0.269 e. The fourth-order valence-corrected chi connectivity index (χ4v) is 3.64. The summed E-state index contributed by atoms with van der Waals surface area (Å²) in [5.41, 5.74) is 1.49. The molecule has 1 fully saturated rings. The number of hydrogen-bond donors (Lipinski definition) is 0. The molecule has 0 unspecified atom stereocenters. The first-order chi connectivity index (χ1) is 10.6. The van der Waals surface area contributed by atoms with Crippen LogP contribution in [-0.4, -0.2) is 16.6 Å². The van der Waals surface area contributed by atoms with Gasteiger partial charge in [0.25, 0.3) is 5.69 Å². The van der Waals surface area contributed by atoms with Crippen LogP contribution in [0.5, 0.6) is 0 Å². The quantitative estimate of drug-likeness (QED) is 0.628. The van der Waals surface area contributed by atoms with Crippen molar-refractivity contribution in [3.8, 4) is 0 Å². The second kappa shape index (κ2) is 5.98. The highest BCUT2D eigenvalue weighted by Crippen LogP contribution is 2.42. The molecule has 1 amide bonds. The third-order valence-corrected chi connectivity index (χ3v) is 4.80. The van der Waals surface area contributed by atoms with Crippen LogP contribution in [-0.2, 0) is 4.79 Å². The fraction of sp³-hybridized carbons (Fsp3) is 0.133. The fourth-order valence-electron chi connectivity index (χ4n) is 2.34. The van der Waals surface area contributed by atoms with Crippen LogP contribution in [0.25, 0.3) is 0 Å². The summed E-state index contributed by atoms with van der Waals surface area (Å²) in [6.07, 6.45) is 0. The van der Waals surface area contributed by atoms with E-state index in [9.17, 15) is 14.9 Å². The largest absolute Gasteiger partial charge is 0.295 e. The highest BCUT2D eigenvalue weighted by atomic mass is 35.5. The lowest BCUT2D eigenvalue weighted by Gasteiger charge is -2.24. The van der Waals surface area contributed by atoms with Crippen molar-refractivity contribution < 1.29 is 9.72 Å². The van der Waals surface area contributed by atoms with Gasteiger partial charge in [0.2, 0.25) is 5.91 Å². The van der Waals surface area contributed by atoms with E-state index >= 15 is 0 Å². The molecule has 2 aromatic rings. The van der Waals surface area contributed by atoms with Crippen LogP contribution in [0, 0.1) is 10.1 Å². The van der Waals surface area contributed by atoms with Gasteiger partial charge in [-0.2, -0.15) is 0 Å². The van der Waals surface area contributed by atoms with Gasteiger partial charge in [-0.15, -0.1) is 11.8 Å². The van der Waals surface area contributed by atoms with Crippen LogP contribution in [0.4, 0.5) is 11.4 Å². The van der Waals surface area contributed by atoms with Gasteiger partial charge < -0.3 is 0 Å². The minimum Gasteiger partial charge on any atom is -0.295 e. The van der Waals surface area contributed by atoms with E-state index in [-0.39, 0.29) is 17.0 Å². The molecule has 1 aliphatic heterocycles. The van der Waals surface area contributed by atoms with Gasteiger partial charge in [-0.25, -0.2) is 0 Å². The predicted molar refractivity (Wildman–Crippen MR) is 87.2 cm³/mol. The third kappa shape index (κ3) is 2.80. The monoisotopic (exact) mass is 334 g/mol. The van der Waals surface area contributed by atoms with E-state index < -0.39 is 4.92 Å². The molecule has 1 heterocycles. The first-order valence-electron chi connectivity index (χ1n) is 6.50. The number of nitro groups is 1. The molecule has 0 aliphatic carbocycles. The van der Waals surface area contributed by atoms with Crippen molar-refractivity contribution in [3.05, 3.63) is 69.2 Å². The summed E-state index contributed by atoms with van der Waals surface area (Å²) < 4.78 is 0. The molecule has 22 heavy (non-hydrogen) atoms. The average molecular weight is 335 g/mol. The van der Waals surface area contributed by atoms with Crippen LogP contribution in [0.2, 0.25) is 5.02 Å². The van der Waals surface area contributed by atoms with Gasteiger partial charge in [0, 0.05) is 22.8 Å². The SMILES string of the molecule is O=C1CS[C@H](c2cccc([N+](=O)[O-])c2)N1c1ccc(Cl)cc1. The summed E-state index contributed by atoms with van der Waals surface area (Å²) in [5.74, 6) is 0.319. The number of non-ortho nitro benzene ring substituents is 1. The van der Waals surface area contributed by atoms with Crippen molar-refractivity contribution in [1.29, 1.82) is 0 Å². The Labute approximate surface area is 136 Å². The standard InChI is InChI=1S/C15H11ClN2O3S/c16-11-4-6-12(7-5-11)17-14(19)9-22-15(17)10-2-1-3-13(8-10)18(20)21/h1-8,15H,9H2/t15-/m1/s1. The Bertz CT molecular complexity index is 736. The zero-order chi connectivity index (χ0) is 15.7. The van der Waals surface area contributed by atoms with Crippen LogP contribution in [0.3, 0.4) is 0 Å². The minimum absolute atomic E-state index is 0.0218. The molecule has 7 heteroatoms. The Morgan fingerprint density at radius 2 is 1.95 bits per heavy atom. The molecular formula is C15H11ClN2O3S. The maximum absolute atomic E-state index is 12.2. The Morgan fingerprint density at radius 1 is 1.23 bits per heavy atom. The number of thioether (sulfide) groups is 1. The summed E-state index contributed by atoms with van der Waals surface area (Å²) in [6, 6.07) is 13.4. The molecule has 0 saturated carbocycles. The number of anilines is 1. The Balaban J connectivity index is 1.98. The lowest BCUT2D eigenvalue weighted by molar-refractivity contribution is -0.384. The number of carbonyl (C=O) groups excluding carboxylic acids is 1. The zero-order valence-corrected chi connectivity index (χ0v) is 12.9. The predicted octanol–water partition coefficient (Wildman–Crippen LogP) is 4.03. The number of nitrogens with zero attached hydrogens (tertiary/aromatic N) is 2. The van der Waals surface area contributed by atoms with Crippen molar-refractivity contribution in [2.45, 2.75) is 5.37 Å². The van der Waals surface area contributed by atoms with Gasteiger partial charge in [-0.1, -0.05) is 23.7 Å². The number of nitro benzene ring substituents is 1. The number of benzene rings is 2. The molecule has 0 aromatic heterocycles. The van der Waals surface area contributed by atoms with Crippen molar-refractivity contribution in [2.75, 3.05) is 10.7 Å². The van der Waals surface area contributed by atoms with Crippen molar-refractivity contribution in [1.82, 2.24) is 0 Å². The number of halogens is 1. The molecule has 0 bridgehead atoms. The highest BCUT2D eigenvalue weighted by molar-refractivity contribution is 8.00. The van der Waals surface area contributed by atoms with Gasteiger partial charge in [0.15, 0.2) is 0 Å². The van der Waals surface area contributed by atoms with Crippen LogP contribution in [0.1, 0.15) is 10.9 Å². The van der Waals surface area contributed by atoms with E-state index in [1.54, 1.807) is 41.3 Å². The molecule has 112 valence electrons. The van der Waals surface area contributed by atoms with Crippen LogP contribution < -0.4 is 4.90 Å². The van der Waals surface area contributed by atoms with Crippen LogP contribution >= 0.6 is 23.4 Å². The highest BCUT2D eigenvalue weighted by Gasteiger charge is 2.34. The van der Waals surface area contributed by atoms with Gasteiger partial charge in [0.05, 0.1) is 10.7 Å². The molecular weight excluding hydrogens is 324 g/mol. The average Bonchev–Trinajstić information content (AvgIpc) is 2.90. The molecule has 0 spiro atoms. The van der Waals surface area contributed by atoms with Gasteiger partial charge in [0.1, 0.15) is 5.37 Å². The summed E-state index contributed by atoms with van der Waals surface area (Å²) in [4.78, 5) is 24.3. The Morgan fingerprint density at radius 3 is 2.64 bits per heavy atom. The molecule has 1 aliphatic rings. The second-order valence-corrected chi connectivity index (χ2v) is 6.26. The molecule has 1 saturated heterocycles. The number of carbonyl (C=O) groups is 1. The van der Waals surface area contributed by atoms with Gasteiger partial charge >= 0.3 is 0 Å². The van der Waals surface area contributed by atoms with E-state index in [2.05, 4.69) is 0 Å². The van der Waals surface area contributed by atoms with E-state index in [1.165, 1.54) is 23.9 Å². The zero-order valence-electron chi connectivity index (χ0n) is 11.3. The van der Waals surface area contributed by atoms with Crippen molar-refractivity contribution >= 4 is 40.6 Å². The lowest BCUT2D eigenvalue weighted by Crippen LogP contribution is -2.27. The second-order valence-electron chi connectivity index (χ2n) is 4.76. The molecule has 5 nitrogen and oxygen atoms in total. The summed E-state index contributed by atoms with van der Waals surface area (Å²) in [7, 11) is 0. The van der Waals surface area contributed by atoms with E-state index in [4.69, 9.17) is 11.6 Å². The molecule has 1 atom stereocenters. The molecule has 0 N–H and O–H groups in total. The summed E-state index contributed by atoms with van der Waals surface area (Å²) >= 11 is 7.33. The first-order valence-corrected chi connectivity index (χ1v) is 7.92. The number of rotatable bonds is 3. The third-order valence-electron chi connectivity index (χ3n) is 3.34. The smallest absolute Gasteiger partial charge is 0.269 e. The van der Waals surface area contributed by atoms with Crippen molar-refractivity contribution in [3.63, 3.8) is 0 Å². The normalized spacial score (nSPS) is 17.8. The first kappa shape index (κ1) is 14.9. The maximum atomic E-state index is 12.2. The number of hydrogen-bond acceptors (Lipinski definition) is 4. The van der Waals surface area contributed by atoms with E-state index in [1.807, 2.05) is 0 Å². The number of amides is 1. The van der Waals surface area contributed by atoms with Gasteiger partial charge in [-0.05, 0) is 29.8 Å². The summed E-state index contributed by atoms with van der Waals surface area (Å²) in [5, 5.41) is 11.2. The minimum atomic E-state index is -0.433. The van der Waals surface area contributed by atoms with Crippen LogP contribution in [0.15, 0.2) is 48.5 Å². The molecule has 0 radical (unpaired) electrons. The van der Waals surface area contributed by atoms with Gasteiger partial charge in [-0.3, -0.25) is 19.8 Å². The topological polar surface area (TPSA) is 63.4 Å². The molecule has 2 aromatic carbocycles. The summed E-state index contributed by atoms with van der Waals surface area (Å²) in [6.45, 7) is 0. The lowest BCUT2D eigenvalue weighted by atomic mass is 10.1. The Hall–Kier alpha value is -2.05. The van der Waals surface area contributed by atoms with E-state index in [0.717, 1.165) is 11.3 Å². The Kier molecular flexibility index (Phi) is 4.04.